The lowest BCUT2D eigenvalue weighted by Crippen LogP contribution is -2.26. The minimum Gasteiger partial charge on any atom is -0.379 e. The summed E-state index contributed by atoms with van der Waals surface area (Å²) in [6.45, 7) is 5.09. The van der Waals surface area contributed by atoms with Crippen LogP contribution in [0.1, 0.15) is 44.3 Å². The van der Waals surface area contributed by atoms with Crippen molar-refractivity contribution in [2.75, 3.05) is 26.4 Å². The van der Waals surface area contributed by atoms with Gasteiger partial charge in [-0.3, -0.25) is 0 Å². The number of ether oxygens (including phenoxy) is 2. The van der Waals surface area contributed by atoms with Crippen LogP contribution in [0.2, 0.25) is 5.02 Å². The zero-order valence-corrected chi connectivity index (χ0v) is 13.6. The van der Waals surface area contributed by atoms with E-state index in [1.807, 2.05) is 18.2 Å². The minimum atomic E-state index is 0.0408. The Morgan fingerprint density at radius 2 is 2.14 bits per heavy atom. The van der Waals surface area contributed by atoms with Gasteiger partial charge in [0.2, 0.25) is 0 Å². The van der Waals surface area contributed by atoms with Crippen molar-refractivity contribution < 1.29 is 9.47 Å². The lowest BCUT2D eigenvalue weighted by atomic mass is 10.1. The summed E-state index contributed by atoms with van der Waals surface area (Å²) in [5, 5.41) is 4.28. The molecule has 3 nitrogen and oxygen atoms in total. The molecule has 1 N–H and O–H groups in total. The first-order valence-corrected chi connectivity index (χ1v) is 8.35. The molecule has 1 aliphatic rings. The fourth-order valence-corrected chi connectivity index (χ4v) is 2.34. The van der Waals surface area contributed by atoms with Gasteiger partial charge >= 0.3 is 0 Å². The highest BCUT2D eigenvalue weighted by atomic mass is 35.5. The Kier molecular flexibility index (Phi) is 7.51. The molecule has 1 aromatic carbocycles. The average molecular weight is 312 g/mol. The molecule has 0 bridgehead atoms. The van der Waals surface area contributed by atoms with E-state index in [0.29, 0.717) is 19.3 Å². The Balaban J connectivity index is 1.77. The molecule has 1 aromatic rings. The first-order valence-electron chi connectivity index (χ1n) is 7.97. The first kappa shape index (κ1) is 16.8. The first-order chi connectivity index (χ1) is 10.3. The van der Waals surface area contributed by atoms with Gasteiger partial charge in [-0.1, -0.05) is 37.1 Å². The highest BCUT2D eigenvalue weighted by Crippen LogP contribution is 2.23. The Hall–Kier alpha value is -0.610. The topological polar surface area (TPSA) is 30.5 Å². The van der Waals surface area contributed by atoms with Gasteiger partial charge in [0.15, 0.2) is 0 Å². The Morgan fingerprint density at radius 3 is 2.86 bits per heavy atom. The Labute approximate surface area is 133 Å². The smallest absolute Gasteiger partial charge is 0.0950 e. The van der Waals surface area contributed by atoms with Crippen LogP contribution < -0.4 is 5.32 Å². The maximum absolute atomic E-state index is 6.08. The van der Waals surface area contributed by atoms with Crippen LogP contribution in [-0.2, 0) is 9.47 Å². The van der Waals surface area contributed by atoms with Gasteiger partial charge in [-0.05, 0) is 37.0 Å². The predicted octanol–water partition coefficient (Wildman–Crippen LogP) is 3.97. The molecule has 0 heterocycles. The second-order valence-corrected chi connectivity index (χ2v) is 6.00. The lowest BCUT2D eigenvalue weighted by molar-refractivity contribution is 0.00346. The number of benzene rings is 1. The second-order valence-electron chi connectivity index (χ2n) is 5.56. The third-order valence-corrected chi connectivity index (χ3v) is 3.81. The van der Waals surface area contributed by atoms with Crippen LogP contribution >= 0.6 is 11.6 Å². The third kappa shape index (κ3) is 6.79. The standard InChI is InChI=1S/C17H26ClNO2/c1-2-3-9-20-10-11-21-17(13-19-16-7-8-16)14-5-4-6-15(18)12-14/h4-6,12,16-17,19H,2-3,7-11,13H2,1H3. The number of hydrogen-bond acceptors (Lipinski definition) is 3. The van der Waals surface area contributed by atoms with Gasteiger partial charge in [0.1, 0.15) is 0 Å². The summed E-state index contributed by atoms with van der Waals surface area (Å²) in [7, 11) is 0. The van der Waals surface area contributed by atoms with Crippen molar-refractivity contribution in [1.82, 2.24) is 5.32 Å². The van der Waals surface area contributed by atoms with Gasteiger partial charge in [-0.2, -0.15) is 0 Å². The van der Waals surface area contributed by atoms with Crippen LogP contribution in [0.4, 0.5) is 0 Å². The van der Waals surface area contributed by atoms with Crippen molar-refractivity contribution in [2.24, 2.45) is 0 Å². The zero-order chi connectivity index (χ0) is 14.9. The molecule has 0 saturated heterocycles. The third-order valence-electron chi connectivity index (χ3n) is 3.58. The van der Waals surface area contributed by atoms with Gasteiger partial charge in [0, 0.05) is 24.2 Å². The van der Waals surface area contributed by atoms with E-state index in [9.17, 15) is 0 Å². The number of hydrogen-bond donors (Lipinski definition) is 1. The van der Waals surface area contributed by atoms with E-state index in [1.54, 1.807) is 0 Å². The molecule has 0 radical (unpaired) electrons. The van der Waals surface area contributed by atoms with Gasteiger partial charge in [-0.25, -0.2) is 0 Å². The second kappa shape index (κ2) is 9.42. The summed E-state index contributed by atoms with van der Waals surface area (Å²) >= 11 is 6.08. The van der Waals surface area contributed by atoms with E-state index in [4.69, 9.17) is 21.1 Å². The summed E-state index contributed by atoms with van der Waals surface area (Å²) in [6, 6.07) is 8.60. The van der Waals surface area contributed by atoms with E-state index in [-0.39, 0.29) is 6.10 Å². The molecule has 1 fully saturated rings. The fourth-order valence-electron chi connectivity index (χ4n) is 2.14. The average Bonchev–Trinajstić information content (AvgIpc) is 3.30. The van der Waals surface area contributed by atoms with E-state index < -0.39 is 0 Å². The van der Waals surface area contributed by atoms with Crippen molar-refractivity contribution in [1.29, 1.82) is 0 Å². The maximum atomic E-state index is 6.08. The van der Waals surface area contributed by atoms with Gasteiger partial charge in [0.05, 0.1) is 19.3 Å². The molecule has 1 saturated carbocycles. The predicted molar refractivity (Wildman–Crippen MR) is 86.9 cm³/mol. The fraction of sp³-hybridized carbons (Fsp3) is 0.647. The number of unbranched alkanes of at least 4 members (excludes halogenated alkanes) is 1. The lowest BCUT2D eigenvalue weighted by Gasteiger charge is -2.19. The summed E-state index contributed by atoms with van der Waals surface area (Å²) in [5.74, 6) is 0. The van der Waals surface area contributed by atoms with Crippen molar-refractivity contribution >= 4 is 11.6 Å². The largest absolute Gasteiger partial charge is 0.379 e. The summed E-state index contributed by atoms with van der Waals surface area (Å²) in [4.78, 5) is 0. The van der Waals surface area contributed by atoms with Crippen LogP contribution in [-0.4, -0.2) is 32.4 Å². The van der Waals surface area contributed by atoms with E-state index >= 15 is 0 Å². The van der Waals surface area contributed by atoms with Crippen molar-refractivity contribution in [3.63, 3.8) is 0 Å². The number of rotatable bonds is 11. The van der Waals surface area contributed by atoms with E-state index in [0.717, 1.165) is 36.6 Å². The van der Waals surface area contributed by atoms with Crippen molar-refractivity contribution in [3.8, 4) is 0 Å². The highest BCUT2D eigenvalue weighted by Gasteiger charge is 2.22. The van der Waals surface area contributed by atoms with Gasteiger partial charge in [-0.15, -0.1) is 0 Å². The maximum Gasteiger partial charge on any atom is 0.0950 e. The zero-order valence-electron chi connectivity index (χ0n) is 12.8. The highest BCUT2D eigenvalue weighted by molar-refractivity contribution is 6.30. The van der Waals surface area contributed by atoms with Gasteiger partial charge in [0.25, 0.3) is 0 Å². The SMILES string of the molecule is CCCCOCCOC(CNC1CC1)c1cccc(Cl)c1. The van der Waals surface area contributed by atoms with Crippen LogP contribution in [0.15, 0.2) is 24.3 Å². The molecule has 0 spiro atoms. The molecule has 118 valence electrons. The number of halogens is 1. The molecule has 4 heteroatoms. The molecule has 0 aromatic heterocycles. The minimum absolute atomic E-state index is 0.0408. The van der Waals surface area contributed by atoms with Crippen LogP contribution in [0.25, 0.3) is 0 Å². The van der Waals surface area contributed by atoms with Crippen LogP contribution in [0.5, 0.6) is 0 Å². The number of nitrogens with one attached hydrogen (secondary N) is 1. The quantitative estimate of drug-likeness (QED) is 0.627. The monoisotopic (exact) mass is 311 g/mol. The Bertz CT molecular complexity index is 410. The molecule has 1 unspecified atom stereocenters. The van der Waals surface area contributed by atoms with Crippen LogP contribution in [0, 0.1) is 0 Å². The summed E-state index contributed by atoms with van der Waals surface area (Å²) in [5.41, 5.74) is 1.13. The van der Waals surface area contributed by atoms with E-state index in [1.165, 1.54) is 12.8 Å². The van der Waals surface area contributed by atoms with Crippen LogP contribution in [0.3, 0.4) is 0 Å². The normalized spacial score (nSPS) is 16.1. The molecular formula is C17H26ClNO2. The molecule has 1 atom stereocenters. The van der Waals surface area contributed by atoms with E-state index in [2.05, 4.69) is 18.3 Å². The molecule has 0 amide bonds. The van der Waals surface area contributed by atoms with Crippen molar-refractivity contribution in [3.05, 3.63) is 34.9 Å². The van der Waals surface area contributed by atoms with Crippen molar-refractivity contribution in [2.45, 2.75) is 44.8 Å². The molecule has 0 aliphatic heterocycles. The summed E-state index contributed by atoms with van der Waals surface area (Å²) in [6.07, 6.45) is 4.88. The molecule has 1 aliphatic carbocycles. The molecule has 2 rings (SSSR count). The summed E-state index contributed by atoms with van der Waals surface area (Å²) < 4.78 is 11.5. The van der Waals surface area contributed by atoms with Gasteiger partial charge < -0.3 is 14.8 Å². The molecule has 21 heavy (non-hydrogen) atoms. The Morgan fingerprint density at radius 1 is 1.29 bits per heavy atom. The molecular weight excluding hydrogens is 286 g/mol.